The summed E-state index contributed by atoms with van der Waals surface area (Å²) in [5.41, 5.74) is 3.29. The first kappa shape index (κ1) is 20.2. The van der Waals surface area contributed by atoms with Crippen molar-refractivity contribution in [3.63, 3.8) is 0 Å². The Morgan fingerprint density at radius 1 is 1.06 bits per heavy atom. The molecule has 2 atom stereocenters. The Bertz CT molecular complexity index is 1000. The van der Waals surface area contributed by atoms with Crippen LogP contribution in [0.4, 0.5) is 4.39 Å². The number of carbonyl (C=O) groups excluding carboxylic acids is 2. The minimum Gasteiger partial charge on any atom is -0.334 e. The molecule has 2 amide bonds. The third-order valence-electron chi connectivity index (χ3n) is 7.14. The van der Waals surface area contributed by atoms with E-state index in [0.717, 1.165) is 36.8 Å². The lowest BCUT2D eigenvalue weighted by atomic mass is 9.84. The summed E-state index contributed by atoms with van der Waals surface area (Å²) < 4.78 is 13.3. The highest BCUT2D eigenvalue weighted by atomic mass is 19.1. The van der Waals surface area contributed by atoms with E-state index in [1.807, 2.05) is 40.1 Å². The van der Waals surface area contributed by atoms with E-state index in [2.05, 4.69) is 13.8 Å². The monoisotopic (exact) mass is 420 g/mol. The average Bonchev–Trinajstić information content (AvgIpc) is 3.20. The molecule has 0 unspecified atom stereocenters. The van der Waals surface area contributed by atoms with Crippen molar-refractivity contribution in [3.05, 3.63) is 70.5 Å². The number of hydrogen-bond acceptors (Lipinski definition) is 2. The molecule has 162 valence electrons. The van der Waals surface area contributed by atoms with Gasteiger partial charge in [0.15, 0.2) is 0 Å². The summed E-state index contributed by atoms with van der Waals surface area (Å²) in [4.78, 5) is 30.7. The molecule has 0 aromatic heterocycles. The smallest absolute Gasteiger partial charge is 0.255 e. The zero-order valence-electron chi connectivity index (χ0n) is 18.2. The largest absolute Gasteiger partial charge is 0.334 e. The maximum Gasteiger partial charge on any atom is 0.255 e. The molecule has 4 nitrogen and oxygen atoms in total. The number of rotatable bonds is 4. The van der Waals surface area contributed by atoms with Crippen LogP contribution in [0.25, 0.3) is 0 Å². The van der Waals surface area contributed by atoms with E-state index in [0.29, 0.717) is 36.1 Å². The van der Waals surface area contributed by atoms with Crippen LogP contribution in [0.5, 0.6) is 0 Å². The van der Waals surface area contributed by atoms with Crippen LogP contribution in [0.2, 0.25) is 0 Å². The van der Waals surface area contributed by atoms with Gasteiger partial charge >= 0.3 is 0 Å². The summed E-state index contributed by atoms with van der Waals surface area (Å²) in [6.45, 7) is 5.50. The van der Waals surface area contributed by atoms with E-state index in [9.17, 15) is 14.0 Å². The fourth-order valence-corrected chi connectivity index (χ4v) is 5.84. The second kappa shape index (κ2) is 7.77. The minimum absolute atomic E-state index is 0.00153. The van der Waals surface area contributed by atoms with Crippen LogP contribution >= 0.6 is 0 Å². The second-order valence-corrected chi connectivity index (χ2v) is 9.74. The molecule has 0 saturated carbocycles. The molecule has 2 fully saturated rings. The van der Waals surface area contributed by atoms with Crippen molar-refractivity contribution >= 4 is 11.8 Å². The maximum absolute atomic E-state index is 13.7. The van der Waals surface area contributed by atoms with Crippen LogP contribution in [0.15, 0.2) is 42.5 Å². The van der Waals surface area contributed by atoms with E-state index in [4.69, 9.17) is 0 Å². The lowest BCUT2D eigenvalue weighted by Crippen LogP contribution is -2.46. The summed E-state index contributed by atoms with van der Waals surface area (Å²) in [6, 6.07) is 12.9. The van der Waals surface area contributed by atoms with Crippen molar-refractivity contribution in [2.75, 3.05) is 6.54 Å². The number of halogens is 1. The number of amides is 2. The first-order chi connectivity index (χ1) is 14.9. The molecule has 5 rings (SSSR count). The molecule has 2 bridgehead atoms. The van der Waals surface area contributed by atoms with Crippen LogP contribution < -0.4 is 0 Å². The molecule has 3 aliphatic heterocycles. The van der Waals surface area contributed by atoms with Crippen LogP contribution in [0.3, 0.4) is 0 Å². The van der Waals surface area contributed by atoms with E-state index < -0.39 is 0 Å². The molecule has 2 aromatic carbocycles. The van der Waals surface area contributed by atoms with Crippen LogP contribution in [0, 0.1) is 11.7 Å². The lowest BCUT2D eigenvalue weighted by Gasteiger charge is -2.39. The van der Waals surface area contributed by atoms with Gasteiger partial charge in [-0.15, -0.1) is 0 Å². The van der Waals surface area contributed by atoms with Gasteiger partial charge in [-0.2, -0.15) is 0 Å². The first-order valence-corrected chi connectivity index (χ1v) is 11.4. The lowest BCUT2D eigenvalue weighted by molar-refractivity contribution is 0.0565. The topological polar surface area (TPSA) is 40.6 Å². The Balaban J connectivity index is 1.39. The molecule has 0 aliphatic carbocycles. The van der Waals surface area contributed by atoms with Gasteiger partial charge < -0.3 is 9.80 Å². The molecule has 2 aromatic rings. The van der Waals surface area contributed by atoms with Crippen molar-refractivity contribution in [1.82, 2.24) is 9.80 Å². The number of nitrogens with zero attached hydrogens (tertiary/aromatic N) is 2. The Kier molecular flexibility index (Phi) is 5.07. The summed E-state index contributed by atoms with van der Waals surface area (Å²) in [5, 5.41) is 0. The predicted molar refractivity (Wildman–Crippen MR) is 117 cm³/mol. The number of carbonyl (C=O) groups is 2. The van der Waals surface area contributed by atoms with Crippen LogP contribution in [0.1, 0.15) is 77.3 Å². The van der Waals surface area contributed by atoms with Crippen LogP contribution in [-0.2, 0) is 6.54 Å². The molecule has 0 radical (unpaired) electrons. The number of benzene rings is 2. The van der Waals surface area contributed by atoms with Gasteiger partial charge in [-0.25, -0.2) is 4.39 Å². The Labute approximate surface area is 183 Å². The van der Waals surface area contributed by atoms with Gasteiger partial charge in [0.1, 0.15) is 5.82 Å². The first-order valence-electron chi connectivity index (χ1n) is 11.4. The van der Waals surface area contributed by atoms with Gasteiger partial charge in [-0.1, -0.05) is 38.1 Å². The third-order valence-corrected chi connectivity index (χ3v) is 7.14. The Morgan fingerprint density at radius 3 is 2.39 bits per heavy atom. The predicted octanol–water partition coefficient (Wildman–Crippen LogP) is 4.99. The highest BCUT2D eigenvalue weighted by molar-refractivity contribution is 6.09. The summed E-state index contributed by atoms with van der Waals surface area (Å²) in [5.74, 6) is 0.516. The number of fused-ring (bicyclic) bond motifs is 3. The van der Waals surface area contributed by atoms with E-state index in [-0.39, 0.29) is 29.7 Å². The molecule has 5 heteroatoms. The molecule has 2 saturated heterocycles. The van der Waals surface area contributed by atoms with Gasteiger partial charge in [0, 0.05) is 25.2 Å². The van der Waals surface area contributed by atoms with Gasteiger partial charge in [-0.05, 0) is 66.8 Å². The highest BCUT2D eigenvalue weighted by Gasteiger charge is 2.45. The van der Waals surface area contributed by atoms with Crippen molar-refractivity contribution in [2.24, 2.45) is 5.92 Å². The second-order valence-electron chi connectivity index (χ2n) is 9.74. The zero-order valence-corrected chi connectivity index (χ0v) is 18.2. The van der Waals surface area contributed by atoms with Crippen molar-refractivity contribution in [2.45, 2.75) is 64.1 Å². The standard InChI is InChI=1S/C26H29FN2O2/c1-16(2)14-28-15-18-4-3-5-23(24(18)26(28)31)25(30)29-21-10-11-22(29)13-19(12-21)17-6-8-20(27)9-7-17/h3-9,16,19,21-22H,10-15H2,1-2H3/t21-,22-/m0/s1. The Hall–Kier alpha value is -2.69. The average molecular weight is 421 g/mol. The van der Waals surface area contributed by atoms with Gasteiger partial charge in [0.05, 0.1) is 11.1 Å². The number of hydrogen-bond donors (Lipinski definition) is 0. The maximum atomic E-state index is 13.7. The number of piperidine rings is 1. The van der Waals surface area contributed by atoms with Crippen molar-refractivity contribution in [1.29, 1.82) is 0 Å². The summed E-state index contributed by atoms with van der Waals surface area (Å²) >= 11 is 0. The third kappa shape index (κ3) is 3.54. The molecule has 0 N–H and O–H groups in total. The SMILES string of the molecule is CC(C)CN1Cc2cccc(C(=O)N3[C@H]4CC[C@H]3CC(c3ccc(F)cc3)C4)c2C1=O. The van der Waals surface area contributed by atoms with Gasteiger partial charge in [0.25, 0.3) is 11.8 Å². The molecular weight excluding hydrogens is 391 g/mol. The van der Waals surface area contributed by atoms with Crippen molar-refractivity contribution < 1.29 is 14.0 Å². The van der Waals surface area contributed by atoms with E-state index >= 15 is 0 Å². The van der Waals surface area contributed by atoms with Gasteiger partial charge in [-0.3, -0.25) is 9.59 Å². The highest BCUT2D eigenvalue weighted by Crippen LogP contribution is 2.44. The summed E-state index contributed by atoms with van der Waals surface area (Å²) in [7, 11) is 0. The normalized spacial score (nSPS) is 24.8. The van der Waals surface area contributed by atoms with E-state index in [1.165, 1.54) is 12.1 Å². The summed E-state index contributed by atoms with van der Waals surface area (Å²) in [6.07, 6.45) is 3.79. The quantitative estimate of drug-likeness (QED) is 0.699. The molecule has 0 spiro atoms. The van der Waals surface area contributed by atoms with Crippen molar-refractivity contribution in [3.8, 4) is 0 Å². The van der Waals surface area contributed by atoms with Crippen LogP contribution in [-0.4, -0.2) is 40.2 Å². The fraction of sp³-hybridized carbons (Fsp3) is 0.462. The molecule has 3 heterocycles. The Morgan fingerprint density at radius 2 is 1.74 bits per heavy atom. The molecular formula is C26H29FN2O2. The van der Waals surface area contributed by atoms with Gasteiger partial charge in [0.2, 0.25) is 0 Å². The molecule has 31 heavy (non-hydrogen) atoms. The fourth-order valence-electron chi connectivity index (χ4n) is 5.84. The molecule has 3 aliphatic rings. The zero-order chi connectivity index (χ0) is 21.7. The minimum atomic E-state index is -0.214. The van der Waals surface area contributed by atoms with E-state index in [1.54, 1.807) is 0 Å².